The van der Waals surface area contributed by atoms with Gasteiger partial charge in [-0.15, -0.1) is 15.0 Å². The number of benzene rings is 6. The highest BCUT2D eigenvalue weighted by Crippen LogP contribution is 2.40. The molecule has 6 aromatic carbocycles. The molecule has 0 fully saturated rings. The van der Waals surface area contributed by atoms with Crippen LogP contribution in [0.4, 0.5) is 0 Å². The number of pyridine rings is 1. The first-order chi connectivity index (χ1) is 26.5. The van der Waals surface area contributed by atoms with Gasteiger partial charge in [0.2, 0.25) is 5.82 Å². The molecule has 0 aliphatic carbocycles. The van der Waals surface area contributed by atoms with E-state index in [1.165, 1.54) is 0 Å². The molecule has 7 heteroatoms. The number of hydrogen-bond donors (Lipinski definition) is 0. The number of ether oxygens (including phenoxy) is 1. The van der Waals surface area contributed by atoms with Gasteiger partial charge in [0.1, 0.15) is 12.4 Å². The first-order valence-corrected chi connectivity index (χ1v) is 17.9. The summed E-state index contributed by atoms with van der Waals surface area (Å²) in [5, 5.41) is 14.6. The van der Waals surface area contributed by atoms with Crippen LogP contribution in [0.1, 0.15) is 49.6 Å². The average molecular weight is 704 g/mol. The molecular weight excluding hydrogens is 667 g/mol. The van der Waals surface area contributed by atoms with Crippen LogP contribution in [0, 0.1) is 13.8 Å². The van der Waals surface area contributed by atoms with Crippen molar-refractivity contribution in [3.8, 4) is 28.3 Å². The Balaban J connectivity index is 1.12. The Morgan fingerprint density at radius 1 is 0.630 bits per heavy atom. The van der Waals surface area contributed by atoms with Gasteiger partial charge in [0, 0.05) is 22.9 Å². The Morgan fingerprint density at radius 2 is 1.15 bits per heavy atom. The van der Waals surface area contributed by atoms with Crippen LogP contribution in [-0.4, -0.2) is 31.0 Å². The molecule has 0 bridgehead atoms. The Hall–Kier alpha value is -6.99. The van der Waals surface area contributed by atoms with Crippen molar-refractivity contribution >= 4 is 5.78 Å². The zero-order valence-corrected chi connectivity index (χ0v) is 30.0. The van der Waals surface area contributed by atoms with Crippen molar-refractivity contribution in [3.05, 3.63) is 221 Å². The molecule has 262 valence electrons. The topological polar surface area (TPSA) is 82.8 Å². The number of carbonyl (C=O) groups excluding carboxylic acids is 1. The van der Waals surface area contributed by atoms with E-state index in [1.54, 1.807) is 4.80 Å². The van der Waals surface area contributed by atoms with E-state index < -0.39 is 5.54 Å². The standard InChI is InChI=1S/C47H37N5O2/c1-33-31-43(44(34(2)48-33)45(53)37-17-7-3-8-18-37)54-32-35-27-29-36(30-28-35)41-25-15-16-26-42(41)46-49-51-52(50-46)47(38-19-9-4-10-20-38,39-21-11-5-12-22-39)40-23-13-6-14-24-40/h3-31H,32H2,1-2H3. The summed E-state index contributed by atoms with van der Waals surface area (Å²) >= 11 is 0. The van der Waals surface area contributed by atoms with Crippen molar-refractivity contribution < 1.29 is 9.53 Å². The van der Waals surface area contributed by atoms with Crippen molar-refractivity contribution in [3.63, 3.8) is 0 Å². The lowest BCUT2D eigenvalue weighted by atomic mass is 9.77. The number of nitrogens with zero attached hydrogens (tertiary/aromatic N) is 5. The summed E-state index contributed by atoms with van der Waals surface area (Å²) in [5.41, 5.74) is 8.50. The van der Waals surface area contributed by atoms with E-state index in [4.69, 9.17) is 20.1 Å². The van der Waals surface area contributed by atoms with E-state index in [1.807, 2.05) is 135 Å². The lowest BCUT2D eigenvalue weighted by Gasteiger charge is -2.34. The summed E-state index contributed by atoms with van der Waals surface area (Å²) in [7, 11) is 0. The Labute approximate surface area is 314 Å². The number of aryl methyl sites for hydroxylation is 2. The number of ketones is 1. The van der Waals surface area contributed by atoms with Gasteiger partial charge in [-0.3, -0.25) is 9.78 Å². The van der Waals surface area contributed by atoms with Gasteiger partial charge in [-0.1, -0.05) is 170 Å². The quantitative estimate of drug-likeness (QED) is 0.0986. The minimum absolute atomic E-state index is 0.110. The fourth-order valence-electron chi connectivity index (χ4n) is 7.14. The fraction of sp³-hybridized carbons (Fsp3) is 0.0851. The minimum atomic E-state index is -0.872. The summed E-state index contributed by atoms with van der Waals surface area (Å²) in [5.74, 6) is 0.931. The van der Waals surface area contributed by atoms with Gasteiger partial charge < -0.3 is 4.74 Å². The molecular formula is C47H37N5O2. The molecule has 0 spiro atoms. The van der Waals surface area contributed by atoms with Crippen LogP contribution < -0.4 is 4.74 Å². The van der Waals surface area contributed by atoms with Crippen LogP contribution in [0.15, 0.2) is 176 Å². The molecule has 8 aromatic rings. The first kappa shape index (κ1) is 34.1. The Morgan fingerprint density at radius 3 is 1.72 bits per heavy atom. The van der Waals surface area contributed by atoms with Gasteiger partial charge >= 0.3 is 0 Å². The molecule has 8 rings (SSSR count). The second-order valence-corrected chi connectivity index (χ2v) is 13.2. The number of carbonyl (C=O) groups is 1. The predicted molar refractivity (Wildman–Crippen MR) is 211 cm³/mol. The number of rotatable bonds is 11. The smallest absolute Gasteiger partial charge is 0.205 e. The molecule has 2 heterocycles. The molecule has 7 nitrogen and oxygen atoms in total. The molecule has 0 aliphatic rings. The molecule has 0 N–H and O–H groups in total. The van der Waals surface area contributed by atoms with Crippen LogP contribution in [0.5, 0.6) is 5.75 Å². The highest BCUT2D eigenvalue weighted by Gasteiger charge is 2.41. The van der Waals surface area contributed by atoms with Crippen LogP contribution >= 0.6 is 0 Å². The zero-order chi connectivity index (χ0) is 36.9. The normalized spacial score (nSPS) is 11.3. The number of hydrogen-bond acceptors (Lipinski definition) is 6. The van der Waals surface area contributed by atoms with E-state index in [0.29, 0.717) is 28.4 Å². The van der Waals surface area contributed by atoms with Crippen molar-refractivity contribution in [2.75, 3.05) is 0 Å². The summed E-state index contributed by atoms with van der Waals surface area (Å²) in [4.78, 5) is 19.8. The van der Waals surface area contributed by atoms with Gasteiger partial charge in [-0.2, -0.15) is 0 Å². The zero-order valence-electron chi connectivity index (χ0n) is 30.0. The van der Waals surface area contributed by atoms with E-state index in [2.05, 4.69) is 59.6 Å². The third kappa shape index (κ3) is 6.48. The van der Waals surface area contributed by atoms with Gasteiger partial charge in [-0.05, 0) is 52.4 Å². The maximum Gasteiger partial charge on any atom is 0.205 e. The summed E-state index contributed by atoms with van der Waals surface area (Å²) in [6, 6.07) is 58.4. The van der Waals surface area contributed by atoms with E-state index in [0.717, 1.165) is 44.6 Å². The van der Waals surface area contributed by atoms with Crippen LogP contribution in [0.2, 0.25) is 0 Å². The van der Waals surface area contributed by atoms with Crippen molar-refractivity contribution in [1.82, 2.24) is 25.2 Å². The summed E-state index contributed by atoms with van der Waals surface area (Å²) < 4.78 is 6.32. The van der Waals surface area contributed by atoms with Crippen LogP contribution in [0.3, 0.4) is 0 Å². The molecule has 0 atom stereocenters. The van der Waals surface area contributed by atoms with E-state index in [9.17, 15) is 4.79 Å². The predicted octanol–water partition coefficient (Wildman–Crippen LogP) is 9.67. The van der Waals surface area contributed by atoms with Crippen LogP contribution in [-0.2, 0) is 12.1 Å². The largest absolute Gasteiger partial charge is 0.488 e. The molecule has 0 radical (unpaired) electrons. The van der Waals surface area contributed by atoms with Crippen molar-refractivity contribution in [1.29, 1.82) is 0 Å². The Kier molecular flexibility index (Phi) is 9.43. The third-order valence-electron chi connectivity index (χ3n) is 9.67. The molecule has 0 saturated heterocycles. The minimum Gasteiger partial charge on any atom is -0.488 e. The third-order valence-corrected chi connectivity index (χ3v) is 9.67. The van der Waals surface area contributed by atoms with E-state index in [-0.39, 0.29) is 12.4 Å². The maximum absolute atomic E-state index is 13.5. The monoisotopic (exact) mass is 703 g/mol. The molecule has 54 heavy (non-hydrogen) atoms. The van der Waals surface area contributed by atoms with Crippen LogP contribution in [0.25, 0.3) is 22.5 Å². The molecule has 2 aromatic heterocycles. The summed E-state index contributed by atoms with van der Waals surface area (Å²) in [6.45, 7) is 4.04. The molecule has 0 aliphatic heterocycles. The van der Waals surface area contributed by atoms with Gasteiger partial charge in [0.25, 0.3) is 0 Å². The summed E-state index contributed by atoms with van der Waals surface area (Å²) in [6.07, 6.45) is 0. The molecule has 0 unspecified atom stereocenters. The lowest BCUT2D eigenvalue weighted by molar-refractivity contribution is 0.103. The highest BCUT2D eigenvalue weighted by molar-refractivity contribution is 6.11. The fourth-order valence-corrected chi connectivity index (χ4v) is 7.14. The maximum atomic E-state index is 13.5. The second kappa shape index (κ2) is 14.9. The number of aromatic nitrogens is 5. The van der Waals surface area contributed by atoms with E-state index >= 15 is 0 Å². The van der Waals surface area contributed by atoms with Crippen molar-refractivity contribution in [2.24, 2.45) is 0 Å². The molecule has 0 saturated carbocycles. The second-order valence-electron chi connectivity index (χ2n) is 13.2. The van der Waals surface area contributed by atoms with Gasteiger partial charge in [-0.25, -0.2) is 0 Å². The SMILES string of the molecule is Cc1cc(OCc2ccc(-c3ccccc3-c3nnn(C(c4ccccc4)(c4ccccc4)c4ccccc4)n3)cc2)c(C(=O)c2ccccc2)c(C)n1. The van der Waals surface area contributed by atoms with Gasteiger partial charge in [0.05, 0.1) is 11.3 Å². The lowest BCUT2D eigenvalue weighted by Crippen LogP contribution is -2.39. The highest BCUT2D eigenvalue weighted by atomic mass is 16.5. The average Bonchev–Trinajstić information content (AvgIpc) is 3.72. The Bertz CT molecular complexity index is 2420. The van der Waals surface area contributed by atoms with Gasteiger partial charge in [0.15, 0.2) is 11.3 Å². The molecule has 0 amide bonds. The van der Waals surface area contributed by atoms with Crippen molar-refractivity contribution in [2.45, 2.75) is 26.0 Å². The first-order valence-electron chi connectivity index (χ1n) is 17.9. The number of tetrazole rings is 1.